The van der Waals surface area contributed by atoms with Crippen LogP contribution in [0.2, 0.25) is 0 Å². The fraction of sp³-hybridized carbons (Fsp3) is 0.667. The molecule has 2 rings (SSSR count). The van der Waals surface area contributed by atoms with Crippen LogP contribution in [-0.4, -0.2) is 17.3 Å². The summed E-state index contributed by atoms with van der Waals surface area (Å²) in [5.41, 5.74) is 1.37. The number of nitrogens with one attached hydrogen (secondary N) is 1. The van der Waals surface area contributed by atoms with Gasteiger partial charge in [-0.2, -0.15) is 0 Å². The van der Waals surface area contributed by atoms with Crippen LogP contribution in [0.1, 0.15) is 64.5 Å². The Kier molecular flexibility index (Phi) is 5.22. The number of aliphatic hydroxyl groups is 1. The number of rotatable bonds is 7. The van der Waals surface area contributed by atoms with E-state index in [2.05, 4.69) is 56.4 Å². The summed E-state index contributed by atoms with van der Waals surface area (Å²) in [6.07, 6.45) is 5.72. The third kappa shape index (κ3) is 3.42. The average Bonchev–Trinajstić information content (AvgIpc) is 2.46. The van der Waals surface area contributed by atoms with Gasteiger partial charge in [-0.1, -0.05) is 70.4 Å². The second kappa shape index (κ2) is 6.73. The molecule has 1 aliphatic rings. The van der Waals surface area contributed by atoms with Crippen molar-refractivity contribution in [3.63, 3.8) is 0 Å². The smallest absolute Gasteiger partial charge is 0.0621 e. The summed E-state index contributed by atoms with van der Waals surface area (Å²) in [6.45, 7) is 6.57. The highest BCUT2D eigenvalue weighted by molar-refractivity contribution is 5.20. The molecular weight excluding hydrogens is 246 g/mol. The first-order valence-electron chi connectivity index (χ1n) is 8.04. The van der Waals surface area contributed by atoms with E-state index in [9.17, 15) is 5.11 Å². The van der Waals surface area contributed by atoms with Crippen molar-refractivity contribution in [3.8, 4) is 0 Å². The third-order valence-electron chi connectivity index (χ3n) is 4.92. The molecule has 0 amide bonds. The lowest BCUT2D eigenvalue weighted by Crippen LogP contribution is -2.60. The molecular formula is C18H29NO. The quantitative estimate of drug-likeness (QED) is 0.736. The van der Waals surface area contributed by atoms with E-state index in [-0.39, 0.29) is 11.5 Å². The van der Waals surface area contributed by atoms with Gasteiger partial charge in [-0.15, -0.1) is 0 Å². The summed E-state index contributed by atoms with van der Waals surface area (Å²) in [5.74, 6) is 0. The van der Waals surface area contributed by atoms with E-state index in [0.717, 1.165) is 6.42 Å². The molecule has 2 N–H and O–H groups in total. The standard InChI is InChI=1S/C18H29NO/c1-4-5-7-12-15(14-10-8-6-9-11-14)19-16-13-17(20)18(16,2)3/h6,8-11,15-17,19-20H,4-5,7,12-13H2,1-3H3. The molecule has 0 heterocycles. The minimum atomic E-state index is -0.160. The zero-order chi connectivity index (χ0) is 14.6. The second-order valence-electron chi connectivity index (χ2n) is 6.75. The maximum absolute atomic E-state index is 9.90. The van der Waals surface area contributed by atoms with Crippen molar-refractivity contribution in [1.29, 1.82) is 0 Å². The normalized spacial score (nSPS) is 26.0. The fourth-order valence-electron chi connectivity index (χ4n) is 3.06. The minimum absolute atomic E-state index is 0.00220. The molecule has 1 fully saturated rings. The SMILES string of the molecule is CCCCCC(NC1CC(O)C1(C)C)c1ccccc1. The predicted octanol–water partition coefficient (Wildman–Crippen LogP) is 4.06. The Morgan fingerprint density at radius 3 is 2.50 bits per heavy atom. The Bertz CT molecular complexity index is 401. The van der Waals surface area contributed by atoms with Gasteiger partial charge in [-0.05, 0) is 18.4 Å². The minimum Gasteiger partial charge on any atom is -0.392 e. The van der Waals surface area contributed by atoms with Gasteiger partial charge in [-0.25, -0.2) is 0 Å². The van der Waals surface area contributed by atoms with Crippen molar-refractivity contribution in [3.05, 3.63) is 35.9 Å². The molecule has 1 aromatic rings. The van der Waals surface area contributed by atoms with E-state index >= 15 is 0 Å². The maximum Gasteiger partial charge on any atom is 0.0621 e. The highest BCUT2D eigenvalue weighted by atomic mass is 16.3. The van der Waals surface area contributed by atoms with Crippen molar-refractivity contribution in [2.75, 3.05) is 0 Å². The largest absolute Gasteiger partial charge is 0.392 e. The average molecular weight is 275 g/mol. The summed E-state index contributed by atoms with van der Waals surface area (Å²) in [6, 6.07) is 11.6. The Labute approximate surface area is 123 Å². The first-order valence-corrected chi connectivity index (χ1v) is 8.04. The van der Waals surface area contributed by atoms with Crippen molar-refractivity contribution in [2.24, 2.45) is 5.41 Å². The molecule has 3 unspecified atom stereocenters. The van der Waals surface area contributed by atoms with E-state index in [1.165, 1.54) is 31.2 Å². The van der Waals surface area contributed by atoms with Gasteiger partial charge in [0.1, 0.15) is 0 Å². The molecule has 0 radical (unpaired) electrons. The molecule has 0 bridgehead atoms. The van der Waals surface area contributed by atoms with Gasteiger partial charge < -0.3 is 10.4 Å². The number of benzene rings is 1. The van der Waals surface area contributed by atoms with Crippen molar-refractivity contribution in [2.45, 2.75) is 71.1 Å². The Hall–Kier alpha value is -0.860. The highest BCUT2D eigenvalue weighted by Gasteiger charge is 2.47. The molecule has 0 saturated heterocycles. The number of hydrogen-bond donors (Lipinski definition) is 2. The van der Waals surface area contributed by atoms with E-state index in [1.54, 1.807) is 0 Å². The lowest BCUT2D eigenvalue weighted by molar-refractivity contribution is -0.0764. The van der Waals surface area contributed by atoms with Gasteiger partial charge in [0, 0.05) is 17.5 Å². The van der Waals surface area contributed by atoms with E-state index in [1.807, 2.05) is 0 Å². The van der Waals surface area contributed by atoms with Gasteiger partial charge in [-0.3, -0.25) is 0 Å². The summed E-state index contributed by atoms with van der Waals surface area (Å²) in [5, 5.41) is 13.7. The zero-order valence-electron chi connectivity index (χ0n) is 13.1. The van der Waals surface area contributed by atoms with Crippen molar-refractivity contribution < 1.29 is 5.11 Å². The van der Waals surface area contributed by atoms with E-state index in [0.29, 0.717) is 12.1 Å². The molecule has 0 aromatic heterocycles. The number of aliphatic hydroxyl groups excluding tert-OH is 1. The van der Waals surface area contributed by atoms with E-state index < -0.39 is 0 Å². The lowest BCUT2D eigenvalue weighted by atomic mass is 9.64. The fourth-order valence-corrected chi connectivity index (χ4v) is 3.06. The van der Waals surface area contributed by atoms with Crippen LogP contribution in [0.25, 0.3) is 0 Å². The summed E-state index contributed by atoms with van der Waals surface area (Å²) >= 11 is 0. The van der Waals surface area contributed by atoms with Gasteiger partial charge in [0.25, 0.3) is 0 Å². The molecule has 1 aliphatic carbocycles. The molecule has 3 atom stereocenters. The molecule has 1 aromatic carbocycles. The molecule has 112 valence electrons. The Morgan fingerprint density at radius 1 is 1.25 bits per heavy atom. The van der Waals surface area contributed by atoms with Crippen LogP contribution < -0.4 is 5.32 Å². The Morgan fingerprint density at radius 2 is 1.95 bits per heavy atom. The first-order chi connectivity index (χ1) is 9.55. The molecule has 1 saturated carbocycles. The van der Waals surface area contributed by atoms with E-state index in [4.69, 9.17) is 0 Å². The van der Waals surface area contributed by atoms with Crippen LogP contribution >= 0.6 is 0 Å². The summed E-state index contributed by atoms with van der Waals surface area (Å²) in [4.78, 5) is 0. The summed E-state index contributed by atoms with van der Waals surface area (Å²) in [7, 11) is 0. The van der Waals surface area contributed by atoms with Crippen molar-refractivity contribution >= 4 is 0 Å². The van der Waals surface area contributed by atoms with Gasteiger partial charge in [0.15, 0.2) is 0 Å². The van der Waals surface area contributed by atoms with Crippen molar-refractivity contribution in [1.82, 2.24) is 5.32 Å². The van der Waals surface area contributed by atoms with Crippen LogP contribution in [0.5, 0.6) is 0 Å². The first kappa shape index (κ1) is 15.5. The van der Waals surface area contributed by atoms with Gasteiger partial charge in [0.05, 0.1) is 6.10 Å². The Balaban J connectivity index is 2.00. The lowest BCUT2D eigenvalue weighted by Gasteiger charge is -2.51. The van der Waals surface area contributed by atoms with Crippen LogP contribution in [0.3, 0.4) is 0 Å². The third-order valence-corrected chi connectivity index (χ3v) is 4.92. The molecule has 2 nitrogen and oxygen atoms in total. The zero-order valence-corrected chi connectivity index (χ0v) is 13.1. The molecule has 0 spiro atoms. The van der Waals surface area contributed by atoms with Gasteiger partial charge >= 0.3 is 0 Å². The number of unbranched alkanes of at least 4 members (excludes halogenated alkanes) is 2. The topological polar surface area (TPSA) is 32.3 Å². The number of hydrogen-bond acceptors (Lipinski definition) is 2. The predicted molar refractivity (Wildman–Crippen MR) is 84.7 cm³/mol. The van der Waals surface area contributed by atoms with Crippen LogP contribution in [0.4, 0.5) is 0 Å². The van der Waals surface area contributed by atoms with Crippen LogP contribution in [0.15, 0.2) is 30.3 Å². The van der Waals surface area contributed by atoms with Crippen LogP contribution in [0, 0.1) is 5.41 Å². The highest BCUT2D eigenvalue weighted by Crippen LogP contribution is 2.42. The maximum atomic E-state index is 9.90. The second-order valence-corrected chi connectivity index (χ2v) is 6.75. The van der Waals surface area contributed by atoms with Gasteiger partial charge in [0.2, 0.25) is 0 Å². The molecule has 0 aliphatic heterocycles. The molecule has 20 heavy (non-hydrogen) atoms. The molecule has 2 heteroatoms. The summed E-state index contributed by atoms with van der Waals surface area (Å²) < 4.78 is 0. The monoisotopic (exact) mass is 275 g/mol. The van der Waals surface area contributed by atoms with Crippen LogP contribution in [-0.2, 0) is 0 Å².